The van der Waals surface area contributed by atoms with E-state index >= 15 is 0 Å². The van der Waals surface area contributed by atoms with E-state index in [4.69, 9.17) is 11.6 Å². The first-order chi connectivity index (χ1) is 11.1. The van der Waals surface area contributed by atoms with Gasteiger partial charge in [-0.15, -0.1) is 0 Å². The summed E-state index contributed by atoms with van der Waals surface area (Å²) in [6.07, 6.45) is 1.11. The van der Waals surface area contributed by atoms with Crippen molar-refractivity contribution >= 4 is 17.4 Å². The molecule has 0 bridgehead atoms. The molecule has 0 radical (unpaired) electrons. The smallest absolute Gasteiger partial charge is 0.347 e. The predicted molar refractivity (Wildman–Crippen MR) is 92.8 cm³/mol. The summed E-state index contributed by atoms with van der Waals surface area (Å²) < 4.78 is 0. The van der Waals surface area contributed by atoms with Crippen LogP contribution in [0.5, 0.6) is 0 Å². The average molecular weight is 333 g/mol. The highest BCUT2D eigenvalue weighted by Gasteiger charge is 2.26. The number of nitrogens with one attached hydrogen (secondary N) is 2. The summed E-state index contributed by atoms with van der Waals surface area (Å²) in [7, 11) is 0. The van der Waals surface area contributed by atoms with Gasteiger partial charge in [0.1, 0.15) is 11.0 Å². The van der Waals surface area contributed by atoms with Crippen LogP contribution in [-0.2, 0) is 6.54 Å². The Labute approximate surface area is 140 Å². The van der Waals surface area contributed by atoms with E-state index in [2.05, 4.69) is 51.4 Å². The molecule has 5 nitrogen and oxygen atoms in total. The van der Waals surface area contributed by atoms with Crippen LogP contribution in [0.1, 0.15) is 18.9 Å². The normalized spacial score (nSPS) is 22.0. The van der Waals surface area contributed by atoms with Gasteiger partial charge in [0.2, 0.25) is 0 Å². The largest absolute Gasteiger partial charge is 0.366 e. The number of hydrogen-bond donors (Lipinski definition) is 2. The molecule has 1 aliphatic rings. The minimum absolute atomic E-state index is 0.248. The van der Waals surface area contributed by atoms with E-state index in [0.29, 0.717) is 16.9 Å². The monoisotopic (exact) mass is 332 g/mol. The summed E-state index contributed by atoms with van der Waals surface area (Å²) in [5, 5.41) is 3.67. The number of rotatable bonds is 4. The van der Waals surface area contributed by atoms with Gasteiger partial charge in [-0.2, -0.15) is 4.98 Å². The fraction of sp³-hybridized carbons (Fsp3) is 0.412. The van der Waals surface area contributed by atoms with Crippen molar-refractivity contribution in [1.82, 2.24) is 14.9 Å². The summed E-state index contributed by atoms with van der Waals surface area (Å²) in [6.45, 7) is 5.17. The molecule has 3 rings (SSSR count). The zero-order valence-electron chi connectivity index (χ0n) is 13.1. The molecular weight excluding hydrogens is 312 g/mol. The zero-order valence-corrected chi connectivity index (χ0v) is 13.9. The van der Waals surface area contributed by atoms with Gasteiger partial charge in [-0.1, -0.05) is 48.9 Å². The van der Waals surface area contributed by atoms with Crippen LogP contribution >= 0.6 is 11.6 Å². The number of likely N-dealkylation sites (tertiary alicyclic amines) is 1. The Morgan fingerprint density at radius 3 is 2.91 bits per heavy atom. The van der Waals surface area contributed by atoms with E-state index in [9.17, 15) is 4.79 Å². The van der Waals surface area contributed by atoms with E-state index in [1.807, 2.05) is 6.07 Å². The molecule has 2 aromatic rings. The number of H-pyrrole nitrogens is 1. The number of aromatic amines is 1. The minimum atomic E-state index is -0.426. The number of benzene rings is 1. The zero-order chi connectivity index (χ0) is 16.2. The van der Waals surface area contributed by atoms with Crippen LogP contribution in [-0.4, -0.2) is 34.0 Å². The molecule has 1 aliphatic heterocycles. The first kappa shape index (κ1) is 16.0. The Kier molecular flexibility index (Phi) is 4.98. The number of piperidine rings is 1. The number of halogens is 1. The minimum Gasteiger partial charge on any atom is -0.366 e. The molecule has 122 valence electrons. The van der Waals surface area contributed by atoms with Gasteiger partial charge in [-0.3, -0.25) is 9.88 Å². The third-order valence-corrected chi connectivity index (χ3v) is 4.54. The van der Waals surface area contributed by atoms with E-state index in [0.717, 1.165) is 26.1 Å². The van der Waals surface area contributed by atoms with Crippen molar-refractivity contribution in [2.45, 2.75) is 25.9 Å². The van der Waals surface area contributed by atoms with Crippen molar-refractivity contribution in [3.63, 3.8) is 0 Å². The van der Waals surface area contributed by atoms with Gasteiger partial charge in [-0.25, -0.2) is 4.79 Å². The van der Waals surface area contributed by atoms with Gasteiger partial charge in [0.25, 0.3) is 0 Å². The second kappa shape index (κ2) is 7.15. The number of aromatic nitrogens is 2. The van der Waals surface area contributed by atoms with E-state index in [-0.39, 0.29) is 6.04 Å². The Morgan fingerprint density at radius 1 is 1.39 bits per heavy atom. The van der Waals surface area contributed by atoms with Crippen LogP contribution < -0.4 is 11.0 Å². The van der Waals surface area contributed by atoms with Gasteiger partial charge in [0.05, 0.1) is 0 Å². The lowest BCUT2D eigenvalue weighted by Crippen LogP contribution is -2.46. The summed E-state index contributed by atoms with van der Waals surface area (Å²) in [5.41, 5.74) is 0.891. The first-order valence-electron chi connectivity index (χ1n) is 7.90. The fourth-order valence-corrected chi connectivity index (χ4v) is 3.19. The maximum absolute atomic E-state index is 11.4. The van der Waals surface area contributed by atoms with Gasteiger partial charge >= 0.3 is 5.69 Å². The quantitative estimate of drug-likeness (QED) is 0.845. The molecule has 0 amide bonds. The van der Waals surface area contributed by atoms with Crippen LogP contribution in [0.25, 0.3) is 0 Å². The molecule has 6 heteroatoms. The van der Waals surface area contributed by atoms with E-state index in [1.54, 1.807) is 6.07 Å². The molecule has 2 atom stereocenters. The van der Waals surface area contributed by atoms with Crippen LogP contribution in [0.4, 0.5) is 5.82 Å². The highest BCUT2D eigenvalue weighted by atomic mass is 35.5. The summed E-state index contributed by atoms with van der Waals surface area (Å²) in [6, 6.07) is 12.4. The summed E-state index contributed by atoms with van der Waals surface area (Å²) in [5.74, 6) is 1.05. The number of nitrogens with zero attached hydrogens (tertiary/aromatic N) is 2. The summed E-state index contributed by atoms with van der Waals surface area (Å²) >= 11 is 5.89. The van der Waals surface area contributed by atoms with Crippen molar-refractivity contribution < 1.29 is 0 Å². The molecule has 1 aromatic heterocycles. The Balaban J connectivity index is 1.67. The van der Waals surface area contributed by atoms with Crippen LogP contribution in [0.3, 0.4) is 0 Å². The average Bonchev–Trinajstić information content (AvgIpc) is 2.51. The molecule has 23 heavy (non-hydrogen) atoms. The molecular formula is C17H21ClN4O. The second-order valence-corrected chi connectivity index (χ2v) is 6.56. The van der Waals surface area contributed by atoms with E-state index in [1.165, 1.54) is 5.56 Å². The lowest BCUT2D eigenvalue weighted by Gasteiger charge is -2.37. The van der Waals surface area contributed by atoms with Crippen molar-refractivity contribution in [3.8, 4) is 0 Å². The fourth-order valence-electron chi connectivity index (χ4n) is 3.00. The highest BCUT2D eigenvalue weighted by molar-refractivity contribution is 6.29. The molecule has 1 saturated heterocycles. The summed E-state index contributed by atoms with van der Waals surface area (Å²) in [4.78, 5) is 20.3. The van der Waals surface area contributed by atoms with Crippen LogP contribution in [0.2, 0.25) is 5.15 Å². The lowest BCUT2D eigenvalue weighted by atomic mass is 9.93. The van der Waals surface area contributed by atoms with E-state index < -0.39 is 5.69 Å². The predicted octanol–water partition coefficient (Wildman–Crippen LogP) is 2.75. The van der Waals surface area contributed by atoms with Crippen LogP contribution in [0, 0.1) is 5.92 Å². The maximum Gasteiger partial charge on any atom is 0.347 e. The molecule has 0 aliphatic carbocycles. The molecule has 2 unspecified atom stereocenters. The molecule has 1 fully saturated rings. The molecule has 0 saturated carbocycles. The first-order valence-corrected chi connectivity index (χ1v) is 8.27. The third kappa shape index (κ3) is 4.33. The number of hydrogen-bond acceptors (Lipinski definition) is 4. The molecule has 1 aromatic carbocycles. The van der Waals surface area contributed by atoms with Crippen molar-refractivity contribution in [2.75, 3.05) is 18.4 Å². The molecule has 0 spiro atoms. The Hall–Kier alpha value is -1.85. The SMILES string of the molecule is CC1CCN(Cc2ccccc2)CC1Nc1cc(Cl)[nH]c(=O)n1. The molecule has 2 heterocycles. The Bertz CT molecular complexity index is 703. The van der Waals surface area contributed by atoms with Gasteiger partial charge in [-0.05, 0) is 24.4 Å². The van der Waals surface area contributed by atoms with Gasteiger partial charge in [0.15, 0.2) is 0 Å². The second-order valence-electron chi connectivity index (χ2n) is 6.16. The Morgan fingerprint density at radius 2 is 2.17 bits per heavy atom. The van der Waals surface area contributed by atoms with Gasteiger partial charge < -0.3 is 5.32 Å². The van der Waals surface area contributed by atoms with Crippen molar-refractivity contribution in [2.24, 2.45) is 5.92 Å². The van der Waals surface area contributed by atoms with Crippen LogP contribution in [0.15, 0.2) is 41.2 Å². The third-order valence-electron chi connectivity index (χ3n) is 4.34. The molecule has 2 N–H and O–H groups in total. The van der Waals surface area contributed by atoms with Gasteiger partial charge in [0, 0.05) is 25.2 Å². The highest BCUT2D eigenvalue weighted by Crippen LogP contribution is 2.22. The topological polar surface area (TPSA) is 61.0 Å². The van der Waals surface area contributed by atoms with Crippen molar-refractivity contribution in [3.05, 3.63) is 57.6 Å². The standard InChI is InChI=1S/C17H21ClN4O/c1-12-7-8-22(10-13-5-3-2-4-6-13)11-14(12)19-16-9-15(18)20-17(23)21-16/h2-6,9,12,14H,7-8,10-11H2,1H3,(H2,19,20,21,23). The number of anilines is 1. The lowest BCUT2D eigenvalue weighted by molar-refractivity contribution is 0.170. The maximum atomic E-state index is 11.4. The van der Waals surface area contributed by atoms with Crippen molar-refractivity contribution in [1.29, 1.82) is 0 Å².